The van der Waals surface area contributed by atoms with Crippen molar-refractivity contribution in [2.75, 3.05) is 31.3 Å². The Kier molecular flexibility index (Phi) is 4.39. The third-order valence-electron chi connectivity index (χ3n) is 4.42. The van der Waals surface area contributed by atoms with Crippen LogP contribution in [0.2, 0.25) is 0 Å². The predicted molar refractivity (Wildman–Crippen MR) is 95.7 cm³/mol. The summed E-state index contributed by atoms with van der Waals surface area (Å²) in [5, 5.41) is 4.49. The monoisotopic (exact) mass is 396 g/mol. The molecule has 1 fully saturated rings. The van der Waals surface area contributed by atoms with Crippen LogP contribution in [0.5, 0.6) is 0 Å². The van der Waals surface area contributed by atoms with Crippen molar-refractivity contribution in [2.24, 2.45) is 5.10 Å². The fraction of sp³-hybridized carbons (Fsp3) is 0.353. The summed E-state index contributed by atoms with van der Waals surface area (Å²) in [6, 6.07) is 7.10. The zero-order valence-electron chi connectivity index (χ0n) is 14.3. The number of anilines is 1. The molecule has 2 aromatic rings. The molecule has 1 amide bonds. The number of carbonyl (C=O) groups excluding carboxylic acids is 1. The van der Waals surface area contributed by atoms with Gasteiger partial charge >= 0.3 is 6.18 Å². The molecule has 2 aliphatic heterocycles. The van der Waals surface area contributed by atoms with Crippen LogP contribution in [0.25, 0.3) is 10.2 Å². The predicted octanol–water partition coefficient (Wildman–Crippen LogP) is 3.17. The lowest BCUT2D eigenvalue weighted by Crippen LogP contribution is -2.38. The van der Waals surface area contributed by atoms with Gasteiger partial charge < -0.3 is 9.64 Å². The number of nitrogens with zero attached hydrogens (tertiary/aromatic N) is 4. The van der Waals surface area contributed by atoms with E-state index in [-0.39, 0.29) is 10.8 Å². The Morgan fingerprint density at radius 3 is 2.59 bits per heavy atom. The van der Waals surface area contributed by atoms with Crippen LogP contribution < -0.4 is 5.01 Å². The van der Waals surface area contributed by atoms with E-state index in [2.05, 4.69) is 10.1 Å². The SMILES string of the molecule is C/C(=C1\C(=O)N(c2nc3ccccc3s2)N=C1C(F)(F)F)N1CCOCC1. The summed E-state index contributed by atoms with van der Waals surface area (Å²) in [4.78, 5) is 18.9. The first kappa shape index (κ1) is 17.9. The number of benzene rings is 1. The molecule has 0 unspecified atom stereocenters. The Hall–Kier alpha value is -2.46. The lowest BCUT2D eigenvalue weighted by molar-refractivity contribution is -0.114. The molecule has 0 N–H and O–H groups in total. The summed E-state index contributed by atoms with van der Waals surface area (Å²) in [7, 11) is 0. The van der Waals surface area contributed by atoms with Gasteiger partial charge in [-0.1, -0.05) is 23.5 Å². The number of allylic oxidation sites excluding steroid dienone is 1. The minimum atomic E-state index is -4.75. The van der Waals surface area contributed by atoms with Gasteiger partial charge in [0.2, 0.25) is 5.13 Å². The van der Waals surface area contributed by atoms with Crippen molar-refractivity contribution in [1.29, 1.82) is 0 Å². The molecule has 142 valence electrons. The van der Waals surface area contributed by atoms with Gasteiger partial charge in [-0.05, 0) is 19.1 Å². The van der Waals surface area contributed by atoms with E-state index in [1.54, 1.807) is 29.2 Å². The van der Waals surface area contributed by atoms with Crippen molar-refractivity contribution in [3.8, 4) is 0 Å². The van der Waals surface area contributed by atoms with E-state index in [1.807, 2.05) is 0 Å². The first-order valence-electron chi connectivity index (χ1n) is 8.26. The van der Waals surface area contributed by atoms with Crippen molar-refractivity contribution >= 4 is 38.3 Å². The molecule has 0 bridgehead atoms. The van der Waals surface area contributed by atoms with Gasteiger partial charge in [0.05, 0.1) is 29.0 Å². The number of hydrogen-bond acceptors (Lipinski definition) is 6. The number of ether oxygens (including phenoxy) is 1. The number of halogens is 3. The topological polar surface area (TPSA) is 58.0 Å². The fourth-order valence-electron chi connectivity index (χ4n) is 3.06. The van der Waals surface area contributed by atoms with Crippen molar-refractivity contribution in [3.63, 3.8) is 0 Å². The van der Waals surface area contributed by atoms with E-state index >= 15 is 0 Å². The maximum atomic E-state index is 13.6. The summed E-state index contributed by atoms with van der Waals surface area (Å²) < 4.78 is 46.8. The highest BCUT2D eigenvalue weighted by atomic mass is 32.1. The van der Waals surface area contributed by atoms with Gasteiger partial charge in [0, 0.05) is 18.8 Å². The first-order valence-corrected chi connectivity index (χ1v) is 9.07. The highest BCUT2D eigenvalue weighted by Gasteiger charge is 2.49. The number of thiazole rings is 1. The summed E-state index contributed by atoms with van der Waals surface area (Å²) in [6.45, 7) is 3.17. The zero-order valence-corrected chi connectivity index (χ0v) is 15.1. The number of hydrazone groups is 1. The van der Waals surface area contributed by atoms with E-state index in [0.29, 0.717) is 31.8 Å². The van der Waals surface area contributed by atoms with Gasteiger partial charge in [0.1, 0.15) is 0 Å². The molecule has 3 heterocycles. The van der Waals surface area contributed by atoms with Crippen LogP contribution in [0.1, 0.15) is 6.92 Å². The second-order valence-electron chi connectivity index (χ2n) is 6.09. The molecule has 6 nitrogen and oxygen atoms in total. The molecule has 1 saturated heterocycles. The number of carbonyl (C=O) groups is 1. The van der Waals surface area contributed by atoms with Crippen LogP contribution in [0.3, 0.4) is 0 Å². The van der Waals surface area contributed by atoms with E-state index in [0.717, 1.165) is 21.0 Å². The molecule has 0 atom stereocenters. The average Bonchev–Trinajstić information content (AvgIpc) is 3.22. The molecular formula is C17H15F3N4O2S. The minimum Gasteiger partial charge on any atom is -0.378 e. The smallest absolute Gasteiger partial charge is 0.378 e. The van der Waals surface area contributed by atoms with Crippen molar-refractivity contribution in [2.45, 2.75) is 13.1 Å². The molecule has 0 radical (unpaired) electrons. The van der Waals surface area contributed by atoms with Crippen LogP contribution in [-0.2, 0) is 9.53 Å². The number of alkyl halides is 3. The number of rotatable bonds is 2. The van der Waals surface area contributed by atoms with Gasteiger partial charge in [0.25, 0.3) is 5.91 Å². The van der Waals surface area contributed by atoms with E-state index in [4.69, 9.17) is 4.74 Å². The third-order valence-corrected chi connectivity index (χ3v) is 5.43. The Bertz CT molecular complexity index is 927. The zero-order chi connectivity index (χ0) is 19.2. The Labute approximate surface area is 156 Å². The van der Waals surface area contributed by atoms with Gasteiger partial charge in [0.15, 0.2) is 5.71 Å². The van der Waals surface area contributed by atoms with Gasteiger partial charge in [-0.15, -0.1) is 0 Å². The third kappa shape index (κ3) is 3.19. The van der Waals surface area contributed by atoms with Crippen molar-refractivity contribution < 1.29 is 22.7 Å². The van der Waals surface area contributed by atoms with Gasteiger partial charge in [-0.3, -0.25) is 4.79 Å². The van der Waals surface area contributed by atoms with Crippen LogP contribution in [0, 0.1) is 0 Å². The second kappa shape index (κ2) is 6.61. The van der Waals surface area contributed by atoms with Crippen LogP contribution in [0.15, 0.2) is 40.6 Å². The maximum absolute atomic E-state index is 13.6. The molecule has 27 heavy (non-hydrogen) atoms. The summed E-state index contributed by atoms with van der Waals surface area (Å²) in [5.74, 6) is -0.814. The van der Waals surface area contributed by atoms with Gasteiger partial charge in [-0.25, -0.2) is 4.98 Å². The number of fused-ring (bicyclic) bond motifs is 1. The fourth-order valence-corrected chi connectivity index (χ4v) is 3.98. The van der Waals surface area contributed by atoms with E-state index in [1.165, 1.54) is 6.92 Å². The molecule has 0 spiro atoms. The van der Waals surface area contributed by atoms with E-state index < -0.39 is 23.4 Å². The lowest BCUT2D eigenvalue weighted by Gasteiger charge is -2.30. The van der Waals surface area contributed by atoms with Crippen LogP contribution in [0.4, 0.5) is 18.3 Å². The average molecular weight is 396 g/mol. The summed E-state index contributed by atoms with van der Waals surface area (Å²) >= 11 is 1.12. The Balaban J connectivity index is 1.79. The van der Waals surface area contributed by atoms with Crippen LogP contribution >= 0.6 is 11.3 Å². The Morgan fingerprint density at radius 1 is 1.22 bits per heavy atom. The maximum Gasteiger partial charge on any atom is 0.436 e. The molecule has 2 aliphatic rings. The highest BCUT2D eigenvalue weighted by molar-refractivity contribution is 7.22. The number of para-hydroxylation sites is 1. The molecule has 1 aromatic carbocycles. The number of morpholine rings is 1. The highest BCUT2D eigenvalue weighted by Crippen LogP contribution is 2.36. The normalized spacial score (nSPS) is 20.4. The van der Waals surface area contributed by atoms with Gasteiger partial charge in [-0.2, -0.15) is 23.3 Å². The lowest BCUT2D eigenvalue weighted by atomic mass is 10.1. The number of hydrogen-bond donors (Lipinski definition) is 0. The van der Waals surface area contributed by atoms with Crippen molar-refractivity contribution in [1.82, 2.24) is 9.88 Å². The Morgan fingerprint density at radius 2 is 1.93 bits per heavy atom. The number of aromatic nitrogens is 1. The molecule has 1 aromatic heterocycles. The van der Waals surface area contributed by atoms with Crippen LogP contribution in [-0.4, -0.2) is 54.0 Å². The molecule has 10 heteroatoms. The standard InChI is InChI=1S/C17H15F3N4O2S/c1-10(23-6-8-26-9-7-23)13-14(17(18,19)20)22-24(15(13)25)16-21-11-4-2-3-5-12(11)27-16/h2-5H,6-9H2,1H3/b13-10+. The molecular weight excluding hydrogens is 381 g/mol. The summed E-state index contributed by atoms with van der Waals surface area (Å²) in [5.41, 5.74) is -0.751. The van der Waals surface area contributed by atoms with E-state index in [9.17, 15) is 18.0 Å². The summed E-state index contributed by atoms with van der Waals surface area (Å²) in [6.07, 6.45) is -4.75. The minimum absolute atomic E-state index is 0.118. The number of amides is 1. The molecule has 0 saturated carbocycles. The van der Waals surface area contributed by atoms with Crippen molar-refractivity contribution in [3.05, 3.63) is 35.5 Å². The second-order valence-corrected chi connectivity index (χ2v) is 7.10. The largest absolute Gasteiger partial charge is 0.436 e. The first-order chi connectivity index (χ1) is 12.9. The molecule has 4 rings (SSSR count). The molecule has 0 aliphatic carbocycles. The quantitative estimate of drug-likeness (QED) is 0.732.